The summed E-state index contributed by atoms with van der Waals surface area (Å²) in [7, 11) is -22.8. The first-order chi connectivity index (χ1) is 69.9. The molecule has 742 valence electrons. The molecular weight excluding hydrogens is 1970 g/mol. The van der Waals surface area contributed by atoms with Gasteiger partial charge in [-0.3, -0.25) is 22.8 Å². The van der Waals surface area contributed by atoms with E-state index in [1.54, 1.807) is 153 Å². The lowest BCUT2D eigenvalue weighted by atomic mass is 10.0. The second-order valence-corrected chi connectivity index (χ2v) is 39.5. The molecule has 0 radical (unpaired) electrons. The van der Waals surface area contributed by atoms with Crippen LogP contribution in [0.5, 0.6) is 11.5 Å². The van der Waals surface area contributed by atoms with Crippen LogP contribution in [-0.2, 0) is 76.5 Å². The van der Waals surface area contributed by atoms with E-state index in [0.29, 0.717) is 114 Å². The number of benzene rings is 13. The first-order valence-corrected chi connectivity index (χ1v) is 51.6. The molecule has 15 aromatic rings. The van der Waals surface area contributed by atoms with Gasteiger partial charge in [0.15, 0.2) is 0 Å². The molecular formula is C98H88N26O17S5. The molecule has 48 heteroatoms. The zero-order chi connectivity index (χ0) is 103. The van der Waals surface area contributed by atoms with E-state index in [4.69, 9.17) is 39.4 Å². The lowest BCUT2D eigenvalue weighted by molar-refractivity contribution is 0.313. The number of aromatic nitrogens is 6. The van der Waals surface area contributed by atoms with Gasteiger partial charge in [-0.2, -0.15) is 139 Å². The molecule has 0 atom stereocenters. The molecule has 0 aliphatic heterocycles. The van der Waals surface area contributed by atoms with Crippen LogP contribution >= 0.6 is 0 Å². The molecule has 2 heterocycles. The first kappa shape index (κ1) is 103. The van der Waals surface area contributed by atoms with Crippen molar-refractivity contribution >= 4 is 177 Å². The second kappa shape index (κ2) is 46.8. The summed E-state index contributed by atoms with van der Waals surface area (Å²) in [6.45, 7) is 9.59. The smallest absolute Gasteiger partial charge is 0.296 e. The Morgan fingerprint density at radius 3 is 1.11 bits per heavy atom. The van der Waals surface area contributed by atoms with Crippen LogP contribution in [-0.4, -0.2) is 114 Å². The summed E-state index contributed by atoms with van der Waals surface area (Å²) in [5.41, 5.74) is 11.4. The van der Waals surface area contributed by atoms with Gasteiger partial charge in [0.25, 0.3) is 50.6 Å². The van der Waals surface area contributed by atoms with Crippen LogP contribution in [0.25, 0.3) is 0 Å². The van der Waals surface area contributed by atoms with E-state index in [2.05, 4.69) is 103 Å². The number of rotatable bonds is 42. The van der Waals surface area contributed by atoms with Crippen LogP contribution in [0, 0.1) is 27.7 Å². The predicted molar refractivity (Wildman–Crippen MR) is 544 cm³/mol. The third-order valence-electron chi connectivity index (χ3n) is 21.0. The summed E-state index contributed by atoms with van der Waals surface area (Å²) in [6.07, 6.45) is 0.662. The first-order valence-electron chi connectivity index (χ1n) is 44.3. The topological polar surface area (TPSA) is 614 Å². The predicted octanol–water partition coefficient (Wildman–Crippen LogP) is 25.9. The number of nitrogens with one attached hydrogen (secondary N) is 4. The lowest BCUT2D eigenvalue weighted by Gasteiger charge is -2.16. The molecule has 43 nitrogen and oxygen atoms in total. The molecule has 0 aliphatic carbocycles. The average molecular weight is 2060 g/mol. The van der Waals surface area contributed by atoms with E-state index in [0.717, 1.165) is 34.4 Å². The highest BCUT2D eigenvalue weighted by Crippen LogP contribution is 2.41. The van der Waals surface area contributed by atoms with Crippen LogP contribution in [0.2, 0.25) is 0 Å². The van der Waals surface area contributed by atoms with E-state index in [1.165, 1.54) is 72.8 Å². The lowest BCUT2D eigenvalue weighted by Crippen LogP contribution is -2.12. The average Bonchev–Trinajstić information content (AvgIpc) is 0.806. The van der Waals surface area contributed by atoms with Crippen LogP contribution in [0.1, 0.15) is 75.9 Å². The van der Waals surface area contributed by atoms with Crippen molar-refractivity contribution in [1.29, 1.82) is 0 Å². The Labute approximate surface area is 837 Å². The molecule has 0 saturated heterocycles. The molecule has 15 rings (SSSR count). The van der Waals surface area contributed by atoms with Gasteiger partial charge in [-0.25, -0.2) is 4.98 Å². The number of hydrogen-bond acceptors (Lipinski definition) is 38. The van der Waals surface area contributed by atoms with Crippen molar-refractivity contribution in [3.05, 3.63) is 335 Å². The number of hydrogen-bond donors (Lipinski definition) is 9. The second-order valence-electron chi connectivity index (χ2n) is 32.3. The zero-order valence-electron chi connectivity index (χ0n) is 77.9. The SMILES string of the molecule is CCCOc1cc(N=Nc2ccc(N=Nc3ccccc3)cc2S(=O)(=O)O)c(C)cc1Nc1nc(NCc2ccc(CNc3nc(Cc4ccc(N=Nc5ccc(N=Nc6ccccc6)cc5S(=O)(=O)O)c(C)c4)nc(Cc4cc(C)c(N=Nc5ccc(N=Nc6ccc(S(=O)(=O)O)cc6)cc5)cc4OCCCS(=O)(=O)O)n3)cc2)nc(Nc2ccc(N=Nc3ccc(N=Nc4ccc(S(=O)(=O)O)cc4)cc3)c(C)c2)n1. The molecule has 0 bridgehead atoms. The Bertz CT molecular complexity index is 8220. The minimum absolute atomic E-state index is 0.0184. The summed E-state index contributed by atoms with van der Waals surface area (Å²) >= 11 is 0. The number of aryl methyl sites for hydroxylation is 4. The molecule has 2 aromatic heterocycles. The van der Waals surface area contributed by atoms with Crippen LogP contribution in [0.3, 0.4) is 0 Å². The van der Waals surface area contributed by atoms with Gasteiger partial charge in [0.05, 0.1) is 114 Å². The maximum absolute atomic E-state index is 12.8. The minimum Gasteiger partial charge on any atom is -0.493 e. The molecule has 0 spiro atoms. The van der Waals surface area contributed by atoms with Crippen LogP contribution < -0.4 is 30.7 Å². The maximum Gasteiger partial charge on any atom is 0.296 e. The van der Waals surface area contributed by atoms with Gasteiger partial charge in [0.2, 0.25) is 23.8 Å². The monoisotopic (exact) mass is 2060 g/mol. The molecule has 146 heavy (non-hydrogen) atoms. The minimum atomic E-state index is -4.85. The van der Waals surface area contributed by atoms with Gasteiger partial charge < -0.3 is 30.7 Å². The highest BCUT2D eigenvalue weighted by atomic mass is 32.2. The van der Waals surface area contributed by atoms with E-state index in [9.17, 15) is 64.9 Å². The van der Waals surface area contributed by atoms with Gasteiger partial charge in [-0.05, 0) is 274 Å². The normalized spacial score (nSPS) is 12.3. The fourth-order valence-corrected chi connectivity index (χ4v) is 16.4. The number of anilines is 6. The van der Waals surface area contributed by atoms with Gasteiger partial charge >= 0.3 is 0 Å². The summed E-state index contributed by atoms with van der Waals surface area (Å²) in [6, 6.07) is 74.3. The Balaban J connectivity index is 0.694. The molecule has 0 aliphatic rings. The van der Waals surface area contributed by atoms with Gasteiger partial charge in [0, 0.05) is 49.3 Å². The Hall–Kier alpha value is -17.0. The quantitative estimate of drug-likeness (QED) is 0.00974. The Kier molecular flexibility index (Phi) is 33.2. The number of azo groups is 8. The van der Waals surface area contributed by atoms with Crippen molar-refractivity contribution in [2.75, 3.05) is 40.2 Å². The summed E-state index contributed by atoms with van der Waals surface area (Å²) in [5.74, 6) is 1.01. The van der Waals surface area contributed by atoms with Crippen LogP contribution in [0.4, 0.5) is 126 Å². The van der Waals surface area contributed by atoms with Crippen LogP contribution in [0.15, 0.2) is 380 Å². The van der Waals surface area contributed by atoms with Gasteiger partial charge in [0.1, 0.15) is 44.3 Å². The summed E-state index contributed by atoms with van der Waals surface area (Å²) < 4.78 is 183. The van der Waals surface area contributed by atoms with Crippen molar-refractivity contribution < 1.29 is 74.3 Å². The van der Waals surface area contributed by atoms with E-state index < -0.39 is 66.1 Å². The van der Waals surface area contributed by atoms with Gasteiger partial charge in [-0.1, -0.05) is 79.7 Å². The van der Waals surface area contributed by atoms with Crippen molar-refractivity contribution in [2.24, 2.45) is 81.8 Å². The Morgan fingerprint density at radius 2 is 0.651 bits per heavy atom. The number of nitrogens with zero attached hydrogens (tertiary/aromatic N) is 22. The standard InChI is InChI=1S/C98H88N26O17S5/c1-6-46-140-90-58-87(124-122-85-45-37-79(56-92(85)146(137,138)139)118-110-70-16-11-8-12-17-70)64(5)52-88(90)102-98-107-96(106-97(108-98)101-77-35-43-83(63(4)51-77)119-115-73-27-23-71(24-28-73)111-113-75-31-38-80(39-32-75)143(128,129)130)100-60-66-20-18-65(19-21-66)59-99-95-104-93(53-67-22-42-82(61(2)49-67)120-121-84-44-36-78(55-91(84)145(134,135)136)117-109-69-14-9-7-10-15-69)103-94(105-95)54-68-50-62(3)86(57-89(68)141-47-13-48-142(125,126)127)123-116-74-29-25-72(26-30-74)112-114-76-33-40-81(41-34-76)144(131,132)133/h7-12,14-45,49-52,55-58H,6,13,46-48,53-54,59-60H2,1-5H3,(H,125,126,127)(H,128,129,130)(H,131,132,133)(H,134,135,136)(H,137,138,139)(H,99,103,104,105)(H3,100,101,102,106,107,108). The largest absolute Gasteiger partial charge is 0.493 e. The molecule has 9 N–H and O–H groups in total. The van der Waals surface area contributed by atoms with E-state index >= 15 is 0 Å². The molecule has 0 unspecified atom stereocenters. The summed E-state index contributed by atoms with van der Waals surface area (Å²) in [5, 5.41) is 82.0. The van der Waals surface area contributed by atoms with Crippen molar-refractivity contribution in [3.8, 4) is 11.5 Å². The van der Waals surface area contributed by atoms with Crippen molar-refractivity contribution in [1.82, 2.24) is 29.9 Å². The highest BCUT2D eigenvalue weighted by molar-refractivity contribution is 7.87. The van der Waals surface area contributed by atoms with Crippen molar-refractivity contribution in [3.63, 3.8) is 0 Å². The third kappa shape index (κ3) is 30.1. The molecule has 0 amide bonds. The molecule has 13 aromatic carbocycles. The number of ether oxygens (including phenoxy) is 2. The van der Waals surface area contributed by atoms with E-state index in [1.807, 2.05) is 75.4 Å². The highest BCUT2D eigenvalue weighted by Gasteiger charge is 2.24. The third-order valence-corrected chi connectivity index (χ3v) is 25.3. The maximum atomic E-state index is 12.8. The summed E-state index contributed by atoms with van der Waals surface area (Å²) in [4.78, 5) is 27.6. The molecule has 0 fully saturated rings. The van der Waals surface area contributed by atoms with Crippen molar-refractivity contribution in [2.45, 2.75) is 93.0 Å². The van der Waals surface area contributed by atoms with Gasteiger partial charge in [-0.15, -0.1) is 10.2 Å². The van der Waals surface area contributed by atoms with E-state index in [-0.39, 0.29) is 119 Å². The Morgan fingerprint density at radius 1 is 0.295 bits per heavy atom. The molecule has 0 saturated carbocycles. The fourth-order valence-electron chi connectivity index (χ4n) is 13.7. The fraction of sp³-hybridized carbons (Fsp3) is 0.143. The zero-order valence-corrected chi connectivity index (χ0v) is 82.0.